The first-order chi connectivity index (χ1) is 13.9. The molecule has 132 valence electrons. The van der Waals surface area contributed by atoms with Crippen molar-refractivity contribution in [1.29, 1.82) is 0 Å². The number of aromatic nitrogens is 3. The molecule has 3 aromatic heterocycles. The number of benzene rings is 2. The van der Waals surface area contributed by atoms with Crippen LogP contribution in [0.2, 0.25) is 0 Å². The van der Waals surface area contributed by atoms with Crippen molar-refractivity contribution < 1.29 is 0 Å². The molecule has 0 aliphatic rings. The van der Waals surface area contributed by atoms with Crippen molar-refractivity contribution >= 4 is 33.4 Å². The molecule has 0 saturated heterocycles. The van der Waals surface area contributed by atoms with E-state index in [4.69, 9.17) is 4.98 Å². The zero-order valence-electron chi connectivity index (χ0n) is 14.9. The highest BCUT2D eigenvalue weighted by molar-refractivity contribution is 5.87. The molecule has 0 saturated carbocycles. The lowest BCUT2D eigenvalue weighted by Crippen LogP contribution is -1.87. The monoisotopic (exact) mass is 361 g/mol. The Morgan fingerprint density at radius 1 is 0.607 bits per heavy atom. The molecule has 0 unspecified atom stereocenters. The van der Waals surface area contributed by atoms with Gasteiger partial charge in [0.15, 0.2) is 11.6 Å². The molecule has 2 aromatic carbocycles. The summed E-state index contributed by atoms with van der Waals surface area (Å²) < 4.78 is 0. The molecule has 5 aromatic rings. The highest BCUT2D eigenvalue weighted by Crippen LogP contribution is 2.31. The summed E-state index contributed by atoms with van der Waals surface area (Å²) in [5, 5.41) is 10.9. The molecule has 5 heteroatoms. The summed E-state index contributed by atoms with van der Waals surface area (Å²) in [6, 6.07) is 27.5. The highest BCUT2D eigenvalue weighted by atomic mass is 15.2. The average molecular weight is 361 g/mol. The van der Waals surface area contributed by atoms with Crippen LogP contribution in [0.4, 0.5) is 11.6 Å². The fraction of sp³-hybridized carbons (Fsp3) is 0. The van der Waals surface area contributed by atoms with Gasteiger partial charge < -0.3 is 0 Å². The third-order valence-corrected chi connectivity index (χ3v) is 4.48. The second-order valence-corrected chi connectivity index (χ2v) is 6.33. The summed E-state index contributed by atoms with van der Waals surface area (Å²) in [6.07, 6.45) is 1.76. The molecule has 0 amide bonds. The van der Waals surface area contributed by atoms with Crippen LogP contribution in [0.15, 0.2) is 101 Å². The first kappa shape index (κ1) is 16.2. The van der Waals surface area contributed by atoms with Crippen LogP contribution in [0.25, 0.3) is 33.1 Å². The van der Waals surface area contributed by atoms with Crippen LogP contribution in [0, 0.1) is 0 Å². The van der Waals surface area contributed by atoms with Gasteiger partial charge in [0.25, 0.3) is 0 Å². The van der Waals surface area contributed by atoms with Crippen LogP contribution in [-0.4, -0.2) is 15.0 Å². The molecular formula is C23H15N5. The molecule has 28 heavy (non-hydrogen) atoms. The molecule has 0 spiro atoms. The quantitative estimate of drug-likeness (QED) is 0.356. The number of para-hydroxylation sites is 2. The normalized spacial score (nSPS) is 11.4. The van der Waals surface area contributed by atoms with Crippen LogP contribution >= 0.6 is 0 Å². The standard InChI is InChI=1S/C23H15N5/c1-3-9-19-16(7-1)12-13-22(25-19)27-28-23-18(21-11-5-6-14-24-21)15-17-8-2-4-10-20(17)26-23/h1-15H. The lowest BCUT2D eigenvalue weighted by atomic mass is 10.1. The van der Waals surface area contributed by atoms with Gasteiger partial charge in [0.1, 0.15) is 0 Å². The number of rotatable bonds is 3. The highest BCUT2D eigenvalue weighted by Gasteiger charge is 2.10. The number of azo groups is 1. The zero-order chi connectivity index (χ0) is 18.8. The molecule has 0 N–H and O–H groups in total. The molecule has 0 aliphatic heterocycles. The first-order valence-electron chi connectivity index (χ1n) is 8.95. The smallest absolute Gasteiger partial charge is 0.184 e. The second kappa shape index (κ2) is 6.96. The van der Waals surface area contributed by atoms with Crippen molar-refractivity contribution in [3.8, 4) is 11.3 Å². The van der Waals surface area contributed by atoms with E-state index >= 15 is 0 Å². The first-order valence-corrected chi connectivity index (χ1v) is 8.95. The number of hydrogen-bond acceptors (Lipinski definition) is 5. The van der Waals surface area contributed by atoms with Gasteiger partial charge in [-0.1, -0.05) is 42.5 Å². The Morgan fingerprint density at radius 2 is 1.36 bits per heavy atom. The summed E-state index contributed by atoms with van der Waals surface area (Å²) in [7, 11) is 0. The Labute approximate surface area is 161 Å². The maximum absolute atomic E-state index is 4.70. The third kappa shape index (κ3) is 3.10. The second-order valence-electron chi connectivity index (χ2n) is 6.33. The van der Waals surface area contributed by atoms with Gasteiger partial charge in [-0.05, 0) is 42.5 Å². The van der Waals surface area contributed by atoms with Crippen LogP contribution in [-0.2, 0) is 0 Å². The maximum Gasteiger partial charge on any atom is 0.184 e. The summed E-state index contributed by atoms with van der Waals surface area (Å²) in [5.74, 6) is 1.06. The number of pyridine rings is 3. The molecule has 0 aliphatic carbocycles. The Morgan fingerprint density at radius 3 is 2.18 bits per heavy atom. The minimum Gasteiger partial charge on any atom is -0.256 e. The fourth-order valence-corrected chi connectivity index (χ4v) is 3.10. The Balaban J connectivity index is 1.63. The molecule has 0 fully saturated rings. The fourth-order valence-electron chi connectivity index (χ4n) is 3.10. The summed E-state index contributed by atoms with van der Waals surface area (Å²) in [6.45, 7) is 0. The average Bonchev–Trinajstić information content (AvgIpc) is 2.77. The van der Waals surface area contributed by atoms with Crippen molar-refractivity contribution in [2.75, 3.05) is 0 Å². The number of nitrogens with zero attached hydrogens (tertiary/aromatic N) is 5. The zero-order valence-corrected chi connectivity index (χ0v) is 14.9. The molecule has 0 bridgehead atoms. The van der Waals surface area contributed by atoms with E-state index in [1.54, 1.807) is 6.20 Å². The van der Waals surface area contributed by atoms with Crippen LogP contribution in [0.5, 0.6) is 0 Å². The van der Waals surface area contributed by atoms with Crippen molar-refractivity contribution in [2.24, 2.45) is 10.2 Å². The summed E-state index contributed by atoms with van der Waals surface area (Å²) in [5.41, 5.74) is 3.39. The van der Waals surface area contributed by atoms with Crippen molar-refractivity contribution in [2.45, 2.75) is 0 Å². The lowest BCUT2D eigenvalue weighted by molar-refractivity contribution is 1.14. The largest absolute Gasteiger partial charge is 0.256 e. The minimum absolute atomic E-state index is 0.521. The van der Waals surface area contributed by atoms with Gasteiger partial charge >= 0.3 is 0 Å². The van der Waals surface area contributed by atoms with Gasteiger partial charge in [-0.25, -0.2) is 9.97 Å². The molecule has 5 nitrogen and oxygen atoms in total. The molecule has 5 rings (SSSR count). The molecular weight excluding hydrogens is 346 g/mol. The van der Waals surface area contributed by atoms with E-state index in [9.17, 15) is 0 Å². The summed E-state index contributed by atoms with van der Waals surface area (Å²) >= 11 is 0. The van der Waals surface area contributed by atoms with E-state index in [1.807, 2.05) is 84.9 Å². The van der Waals surface area contributed by atoms with E-state index in [0.29, 0.717) is 11.6 Å². The minimum atomic E-state index is 0.521. The van der Waals surface area contributed by atoms with Gasteiger partial charge in [-0.2, -0.15) is 0 Å². The third-order valence-electron chi connectivity index (χ3n) is 4.48. The SMILES string of the molecule is c1ccc(-c2cc3ccccc3nc2N=Nc2ccc3ccccc3n2)nc1. The van der Waals surface area contributed by atoms with Crippen LogP contribution in [0.3, 0.4) is 0 Å². The van der Waals surface area contributed by atoms with E-state index < -0.39 is 0 Å². The Hall–Kier alpha value is -3.99. The number of hydrogen-bond donors (Lipinski definition) is 0. The lowest BCUT2D eigenvalue weighted by Gasteiger charge is -2.06. The van der Waals surface area contributed by atoms with Crippen molar-refractivity contribution in [3.05, 3.63) is 91.1 Å². The van der Waals surface area contributed by atoms with Crippen molar-refractivity contribution in [3.63, 3.8) is 0 Å². The van der Waals surface area contributed by atoms with E-state index in [0.717, 1.165) is 33.1 Å². The topological polar surface area (TPSA) is 63.4 Å². The molecule has 3 heterocycles. The van der Waals surface area contributed by atoms with E-state index in [-0.39, 0.29) is 0 Å². The maximum atomic E-state index is 4.70. The Bertz CT molecular complexity index is 1310. The van der Waals surface area contributed by atoms with Crippen LogP contribution < -0.4 is 0 Å². The van der Waals surface area contributed by atoms with E-state index in [1.165, 1.54) is 0 Å². The van der Waals surface area contributed by atoms with Crippen LogP contribution in [0.1, 0.15) is 0 Å². The van der Waals surface area contributed by atoms with Gasteiger partial charge in [0, 0.05) is 22.5 Å². The van der Waals surface area contributed by atoms with Gasteiger partial charge in [-0.3, -0.25) is 4.98 Å². The summed E-state index contributed by atoms with van der Waals surface area (Å²) in [4.78, 5) is 13.7. The van der Waals surface area contributed by atoms with Gasteiger partial charge in [0.05, 0.1) is 16.7 Å². The van der Waals surface area contributed by atoms with Gasteiger partial charge in [-0.15, -0.1) is 10.2 Å². The molecule has 0 atom stereocenters. The predicted octanol–water partition coefficient (Wildman–Crippen LogP) is 6.26. The predicted molar refractivity (Wildman–Crippen MR) is 111 cm³/mol. The van der Waals surface area contributed by atoms with Gasteiger partial charge in [0.2, 0.25) is 0 Å². The van der Waals surface area contributed by atoms with Crippen molar-refractivity contribution in [1.82, 2.24) is 15.0 Å². The Kier molecular flexibility index (Phi) is 4.03. The molecule has 0 radical (unpaired) electrons. The van der Waals surface area contributed by atoms with E-state index in [2.05, 4.69) is 20.2 Å². The number of fused-ring (bicyclic) bond motifs is 2.